The largest absolute Gasteiger partial charge is 0.464 e. The summed E-state index contributed by atoms with van der Waals surface area (Å²) in [5.41, 5.74) is 2.89. The Hall–Kier alpha value is -3.34. The fraction of sp³-hybridized carbons (Fsp3) is 0.250. The molecule has 1 N–H and O–H groups in total. The molecule has 1 atom stereocenters. The van der Waals surface area contributed by atoms with Gasteiger partial charge in [-0.05, 0) is 48.6 Å². The molecule has 5 rings (SSSR count). The van der Waals surface area contributed by atoms with Crippen LogP contribution < -0.4 is 14.8 Å². The second-order valence-electron chi connectivity index (χ2n) is 7.55. The molecule has 5 heteroatoms. The Balaban J connectivity index is 1.41. The van der Waals surface area contributed by atoms with Crippen LogP contribution in [0.5, 0.6) is 17.4 Å². The molecule has 29 heavy (non-hydrogen) atoms. The Morgan fingerprint density at radius 2 is 1.83 bits per heavy atom. The Kier molecular flexibility index (Phi) is 4.64. The minimum absolute atomic E-state index is 0.0605. The fourth-order valence-corrected chi connectivity index (χ4v) is 3.61. The van der Waals surface area contributed by atoms with Crippen molar-refractivity contribution in [1.29, 1.82) is 0 Å². The van der Waals surface area contributed by atoms with Gasteiger partial charge in [0.05, 0.1) is 0 Å². The maximum Gasteiger partial charge on any atom is 0.261 e. The van der Waals surface area contributed by atoms with Crippen molar-refractivity contribution in [2.24, 2.45) is 5.92 Å². The van der Waals surface area contributed by atoms with Crippen LogP contribution in [0.1, 0.15) is 18.4 Å². The van der Waals surface area contributed by atoms with Crippen LogP contribution in [0.2, 0.25) is 0 Å². The summed E-state index contributed by atoms with van der Waals surface area (Å²) in [6.45, 7) is 0.739. The van der Waals surface area contributed by atoms with Gasteiger partial charge >= 0.3 is 0 Å². The van der Waals surface area contributed by atoms with Crippen molar-refractivity contribution in [3.8, 4) is 28.5 Å². The average Bonchev–Trinajstić information content (AvgIpc) is 3.48. The third-order valence-electron chi connectivity index (χ3n) is 5.36. The van der Waals surface area contributed by atoms with E-state index in [2.05, 4.69) is 10.3 Å². The minimum atomic E-state index is -0.528. The van der Waals surface area contributed by atoms with Crippen molar-refractivity contribution < 1.29 is 14.3 Å². The molecule has 0 bridgehead atoms. The van der Waals surface area contributed by atoms with Crippen LogP contribution in [-0.2, 0) is 11.2 Å². The Bertz CT molecular complexity index is 1030. The lowest BCUT2D eigenvalue weighted by atomic mass is 9.98. The molecule has 0 saturated heterocycles. The number of hydrogen-bond acceptors (Lipinski definition) is 4. The van der Waals surface area contributed by atoms with Gasteiger partial charge in [-0.2, -0.15) is 0 Å². The predicted octanol–water partition coefficient (Wildman–Crippen LogP) is 4.37. The molecule has 2 aliphatic rings. The van der Waals surface area contributed by atoms with E-state index >= 15 is 0 Å². The number of hydrogen-bond donors (Lipinski definition) is 1. The van der Waals surface area contributed by atoms with E-state index in [0.717, 1.165) is 34.7 Å². The zero-order valence-electron chi connectivity index (χ0n) is 16.0. The lowest BCUT2D eigenvalue weighted by molar-refractivity contribution is -0.127. The van der Waals surface area contributed by atoms with Crippen LogP contribution in [0.25, 0.3) is 11.1 Å². The maximum atomic E-state index is 12.5. The molecule has 1 aromatic heterocycles. The number of rotatable bonds is 6. The summed E-state index contributed by atoms with van der Waals surface area (Å²) in [5, 5.41) is 3.01. The van der Waals surface area contributed by atoms with Crippen LogP contribution in [-0.4, -0.2) is 23.5 Å². The summed E-state index contributed by atoms with van der Waals surface area (Å²) >= 11 is 0. The first-order valence-corrected chi connectivity index (χ1v) is 10.0. The van der Waals surface area contributed by atoms with E-state index in [1.807, 2.05) is 60.7 Å². The van der Waals surface area contributed by atoms with Gasteiger partial charge in [-0.1, -0.05) is 36.4 Å². The first-order chi connectivity index (χ1) is 14.3. The van der Waals surface area contributed by atoms with Gasteiger partial charge in [-0.15, -0.1) is 0 Å². The summed E-state index contributed by atoms with van der Waals surface area (Å²) in [6.07, 6.45) is 4.11. The van der Waals surface area contributed by atoms with Gasteiger partial charge in [0.1, 0.15) is 11.5 Å². The number of carbonyl (C=O) groups excluding carboxylic acids is 1. The normalized spacial score (nSPS) is 17.3. The summed E-state index contributed by atoms with van der Waals surface area (Å²) in [7, 11) is 0. The summed E-state index contributed by atoms with van der Waals surface area (Å²) < 4.78 is 12.0. The van der Waals surface area contributed by atoms with E-state index in [-0.39, 0.29) is 5.91 Å². The molecule has 1 amide bonds. The number of aromatic nitrogens is 1. The minimum Gasteiger partial charge on any atom is -0.464 e. The topological polar surface area (TPSA) is 60.5 Å². The molecule has 5 nitrogen and oxygen atoms in total. The number of amides is 1. The number of ether oxygens (including phenoxy) is 2. The van der Waals surface area contributed by atoms with Gasteiger partial charge in [0.2, 0.25) is 5.88 Å². The van der Waals surface area contributed by atoms with Crippen LogP contribution in [0.4, 0.5) is 0 Å². The van der Waals surface area contributed by atoms with E-state index < -0.39 is 6.10 Å². The lowest BCUT2D eigenvalue weighted by Gasteiger charge is -2.13. The van der Waals surface area contributed by atoms with Crippen LogP contribution in [0.3, 0.4) is 0 Å². The molecule has 1 aliphatic carbocycles. The third kappa shape index (κ3) is 3.81. The molecule has 1 aliphatic heterocycles. The van der Waals surface area contributed by atoms with Crippen molar-refractivity contribution in [2.75, 3.05) is 6.54 Å². The van der Waals surface area contributed by atoms with Crippen molar-refractivity contribution in [1.82, 2.24) is 10.3 Å². The maximum absolute atomic E-state index is 12.5. The van der Waals surface area contributed by atoms with Crippen LogP contribution in [0.15, 0.2) is 66.9 Å². The standard InChI is InChI=1S/C24H22N2O3/c27-23(26-15-16-10-11-16)22-14-20-18(12-13-25-24(20)29-22)19-8-4-5-9-21(19)28-17-6-2-1-3-7-17/h1-9,12-13,16,22H,10-11,14-15H2,(H,26,27). The summed E-state index contributed by atoms with van der Waals surface area (Å²) in [5.74, 6) is 2.64. The van der Waals surface area contributed by atoms with Crippen LogP contribution in [0, 0.1) is 5.92 Å². The van der Waals surface area contributed by atoms with Gasteiger partial charge in [0.15, 0.2) is 6.10 Å². The molecule has 0 spiro atoms. The summed E-state index contributed by atoms with van der Waals surface area (Å²) in [4.78, 5) is 16.9. The Morgan fingerprint density at radius 3 is 2.66 bits per heavy atom. The molecule has 1 fully saturated rings. The van der Waals surface area contributed by atoms with Crippen molar-refractivity contribution >= 4 is 5.91 Å². The van der Waals surface area contributed by atoms with E-state index in [9.17, 15) is 4.79 Å². The molecular weight excluding hydrogens is 364 g/mol. The van der Waals surface area contributed by atoms with Gasteiger partial charge in [-0.3, -0.25) is 4.79 Å². The first kappa shape index (κ1) is 17.7. The van der Waals surface area contributed by atoms with Crippen molar-refractivity contribution in [3.63, 3.8) is 0 Å². The van der Waals surface area contributed by atoms with Gasteiger partial charge in [0, 0.05) is 30.3 Å². The Labute approximate surface area is 169 Å². The molecule has 3 aromatic rings. The zero-order valence-corrected chi connectivity index (χ0v) is 16.0. The van der Waals surface area contributed by atoms with Crippen molar-refractivity contribution in [3.05, 3.63) is 72.4 Å². The molecule has 146 valence electrons. The molecule has 1 saturated carbocycles. The smallest absolute Gasteiger partial charge is 0.261 e. The van der Waals surface area contributed by atoms with Gasteiger partial charge < -0.3 is 14.8 Å². The van der Waals surface area contributed by atoms with E-state index in [1.54, 1.807) is 6.20 Å². The first-order valence-electron chi connectivity index (χ1n) is 10.0. The number of benzene rings is 2. The monoisotopic (exact) mass is 386 g/mol. The summed E-state index contributed by atoms with van der Waals surface area (Å²) in [6, 6.07) is 19.6. The fourth-order valence-electron chi connectivity index (χ4n) is 3.61. The number of carbonyl (C=O) groups is 1. The predicted molar refractivity (Wildman–Crippen MR) is 110 cm³/mol. The number of nitrogens with one attached hydrogen (secondary N) is 1. The SMILES string of the molecule is O=C(NCC1CC1)C1Cc2c(-c3ccccc3Oc3ccccc3)ccnc2O1. The number of pyridine rings is 1. The number of nitrogens with zero attached hydrogens (tertiary/aromatic N) is 1. The Morgan fingerprint density at radius 1 is 1.03 bits per heavy atom. The quantitative estimate of drug-likeness (QED) is 0.683. The second kappa shape index (κ2) is 7.59. The molecule has 0 radical (unpaired) electrons. The third-order valence-corrected chi connectivity index (χ3v) is 5.36. The van der Waals surface area contributed by atoms with Crippen molar-refractivity contribution in [2.45, 2.75) is 25.4 Å². The lowest BCUT2D eigenvalue weighted by Crippen LogP contribution is -2.38. The number of para-hydroxylation sites is 2. The highest BCUT2D eigenvalue weighted by atomic mass is 16.5. The van der Waals surface area contributed by atoms with E-state index in [0.29, 0.717) is 18.2 Å². The van der Waals surface area contributed by atoms with Gasteiger partial charge in [0.25, 0.3) is 5.91 Å². The van der Waals surface area contributed by atoms with Crippen LogP contribution >= 0.6 is 0 Å². The number of fused-ring (bicyclic) bond motifs is 1. The van der Waals surface area contributed by atoms with Gasteiger partial charge in [-0.25, -0.2) is 4.98 Å². The molecular formula is C24H22N2O3. The molecule has 2 aromatic carbocycles. The highest BCUT2D eigenvalue weighted by Gasteiger charge is 2.33. The second-order valence-corrected chi connectivity index (χ2v) is 7.55. The molecule has 2 heterocycles. The molecule has 1 unspecified atom stereocenters. The van der Waals surface area contributed by atoms with E-state index in [4.69, 9.17) is 9.47 Å². The zero-order chi connectivity index (χ0) is 19.6. The highest BCUT2D eigenvalue weighted by Crippen LogP contribution is 2.40. The van der Waals surface area contributed by atoms with E-state index in [1.165, 1.54) is 12.8 Å². The average molecular weight is 386 g/mol. The highest BCUT2D eigenvalue weighted by molar-refractivity contribution is 5.84.